The van der Waals surface area contributed by atoms with Crippen molar-refractivity contribution < 1.29 is 8.78 Å². The molecule has 0 unspecified atom stereocenters. The molecule has 0 aliphatic carbocycles. The number of halogens is 5. The Kier molecular flexibility index (Phi) is 3.88. The molecule has 72 valence electrons. The van der Waals surface area contributed by atoms with Crippen LogP contribution in [0.2, 0.25) is 5.15 Å². The molecule has 1 aromatic rings. The summed E-state index contributed by atoms with van der Waals surface area (Å²) in [6.45, 7) is 0. The molecule has 0 N–H and O–H groups in total. The molecule has 1 heterocycles. The molecule has 0 bridgehead atoms. The normalized spacial score (nSPS) is 10.9. The summed E-state index contributed by atoms with van der Waals surface area (Å²) in [5, 5.41) is 0.0136. The van der Waals surface area contributed by atoms with Crippen LogP contribution in [0.25, 0.3) is 0 Å². The average Bonchev–Trinajstić information content (AvgIpc) is 2.03. The highest BCUT2D eigenvalue weighted by molar-refractivity contribution is 9.10. The van der Waals surface area contributed by atoms with Crippen LogP contribution in [0.15, 0.2) is 10.5 Å². The van der Waals surface area contributed by atoms with Gasteiger partial charge in [-0.25, -0.2) is 13.8 Å². The zero-order valence-electron chi connectivity index (χ0n) is 6.20. The number of hydrogen-bond acceptors (Lipinski definition) is 1. The van der Waals surface area contributed by atoms with Crippen LogP contribution in [-0.2, 0) is 5.88 Å². The van der Waals surface area contributed by atoms with E-state index >= 15 is 0 Å². The van der Waals surface area contributed by atoms with Gasteiger partial charge in [-0.15, -0.1) is 11.6 Å². The molecule has 0 aliphatic heterocycles. The summed E-state index contributed by atoms with van der Waals surface area (Å²) in [5.74, 6) is 0.135. The largest absolute Gasteiger partial charge is 0.280 e. The SMILES string of the molecule is FC(F)c1cc(Br)c(CCl)c(Cl)n1. The Morgan fingerprint density at radius 1 is 1.54 bits per heavy atom. The second kappa shape index (κ2) is 4.53. The quantitative estimate of drug-likeness (QED) is 0.588. The molecular formula is C7H4BrCl2F2N. The first kappa shape index (κ1) is 11.1. The van der Waals surface area contributed by atoms with Crippen molar-refractivity contribution in [2.24, 2.45) is 0 Å². The summed E-state index contributed by atoms with van der Waals surface area (Å²) in [4.78, 5) is 3.51. The first-order valence-electron chi connectivity index (χ1n) is 3.25. The molecule has 6 heteroatoms. The van der Waals surface area contributed by atoms with E-state index in [0.717, 1.165) is 0 Å². The molecule has 0 saturated heterocycles. The van der Waals surface area contributed by atoms with Gasteiger partial charge in [-0.1, -0.05) is 27.5 Å². The predicted molar refractivity (Wildman–Crippen MR) is 51.5 cm³/mol. The summed E-state index contributed by atoms with van der Waals surface area (Å²) in [7, 11) is 0. The third kappa shape index (κ3) is 2.51. The Morgan fingerprint density at radius 3 is 2.54 bits per heavy atom. The first-order chi connectivity index (χ1) is 6.06. The molecule has 0 aromatic carbocycles. The monoisotopic (exact) mass is 289 g/mol. The summed E-state index contributed by atoms with van der Waals surface area (Å²) in [6, 6.07) is 1.22. The fourth-order valence-corrected chi connectivity index (χ4v) is 2.20. The standard InChI is InChI=1S/C7H4BrCl2F2N/c8-4-1-5(7(11)12)13-6(10)3(4)2-9/h1,7H,2H2. The second-order valence-corrected chi connectivity index (χ2v) is 3.71. The minimum atomic E-state index is -2.63. The fourth-order valence-electron chi connectivity index (χ4n) is 0.759. The molecule has 13 heavy (non-hydrogen) atoms. The Morgan fingerprint density at radius 2 is 2.15 bits per heavy atom. The molecule has 0 fully saturated rings. The fraction of sp³-hybridized carbons (Fsp3) is 0.286. The maximum absolute atomic E-state index is 12.2. The van der Waals surface area contributed by atoms with Gasteiger partial charge in [-0.2, -0.15) is 0 Å². The van der Waals surface area contributed by atoms with Crippen LogP contribution in [-0.4, -0.2) is 4.98 Å². The topological polar surface area (TPSA) is 12.9 Å². The van der Waals surface area contributed by atoms with Gasteiger partial charge in [-0.05, 0) is 6.07 Å². The molecule has 0 amide bonds. The van der Waals surface area contributed by atoms with E-state index in [2.05, 4.69) is 20.9 Å². The molecule has 0 atom stereocenters. The Bertz CT molecular complexity index is 296. The van der Waals surface area contributed by atoms with Crippen LogP contribution in [0.1, 0.15) is 17.7 Å². The van der Waals surface area contributed by atoms with Crippen molar-refractivity contribution in [1.29, 1.82) is 0 Å². The number of nitrogens with zero attached hydrogens (tertiary/aromatic N) is 1. The molecule has 0 spiro atoms. The van der Waals surface area contributed by atoms with Gasteiger partial charge >= 0.3 is 0 Å². The molecule has 1 nitrogen and oxygen atoms in total. The van der Waals surface area contributed by atoms with E-state index < -0.39 is 6.43 Å². The number of hydrogen-bond donors (Lipinski definition) is 0. The molecule has 0 saturated carbocycles. The van der Waals surface area contributed by atoms with Crippen LogP contribution in [0.5, 0.6) is 0 Å². The van der Waals surface area contributed by atoms with Gasteiger partial charge in [-0.3, -0.25) is 0 Å². The smallest absolute Gasteiger partial charge is 0.235 e. The van der Waals surface area contributed by atoms with Crippen molar-refractivity contribution in [3.8, 4) is 0 Å². The van der Waals surface area contributed by atoms with E-state index in [-0.39, 0.29) is 16.7 Å². The van der Waals surface area contributed by atoms with Gasteiger partial charge < -0.3 is 0 Å². The van der Waals surface area contributed by atoms with Crippen LogP contribution in [0, 0.1) is 0 Å². The lowest BCUT2D eigenvalue weighted by Gasteiger charge is -2.05. The van der Waals surface area contributed by atoms with Crippen molar-refractivity contribution in [1.82, 2.24) is 4.98 Å². The van der Waals surface area contributed by atoms with Crippen molar-refractivity contribution in [2.75, 3.05) is 0 Å². The Balaban J connectivity index is 3.20. The minimum absolute atomic E-state index is 0.0136. The second-order valence-electron chi connectivity index (χ2n) is 2.23. The van der Waals surface area contributed by atoms with Gasteiger partial charge in [0.05, 0.1) is 5.88 Å². The van der Waals surface area contributed by atoms with Crippen molar-refractivity contribution >= 4 is 39.1 Å². The van der Waals surface area contributed by atoms with Crippen LogP contribution < -0.4 is 0 Å². The third-order valence-electron chi connectivity index (χ3n) is 1.40. The van der Waals surface area contributed by atoms with Crippen LogP contribution in [0.4, 0.5) is 8.78 Å². The van der Waals surface area contributed by atoms with Crippen LogP contribution in [0.3, 0.4) is 0 Å². The van der Waals surface area contributed by atoms with Gasteiger partial charge in [0, 0.05) is 10.0 Å². The Labute approximate surface area is 92.2 Å². The maximum atomic E-state index is 12.2. The molecule has 0 radical (unpaired) electrons. The minimum Gasteiger partial charge on any atom is -0.235 e. The lowest BCUT2D eigenvalue weighted by Crippen LogP contribution is -1.95. The molecular weight excluding hydrogens is 287 g/mol. The lowest BCUT2D eigenvalue weighted by atomic mass is 10.3. The van der Waals surface area contributed by atoms with Gasteiger partial charge in [0.25, 0.3) is 6.43 Å². The van der Waals surface area contributed by atoms with E-state index in [0.29, 0.717) is 10.0 Å². The molecule has 0 aliphatic rings. The number of aromatic nitrogens is 1. The lowest BCUT2D eigenvalue weighted by molar-refractivity contribution is 0.146. The van der Waals surface area contributed by atoms with Crippen molar-refractivity contribution in [3.63, 3.8) is 0 Å². The van der Waals surface area contributed by atoms with Gasteiger partial charge in [0.15, 0.2) is 0 Å². The zero-order valence-corrected chi connectivity index (χ0v) is 9.30. The summed E-state index contributed by atoms with van der Waals surface area (Å²) in [6.07, 6.45) is -2.63. The van der Waals surface area contributed by atoms with Crippen LogP contribution >= 0.6 is 39.1 Å². The highest BCUT2D eigenvalue weighted by Gasteiger charge is 2.14. The van der Waals surface area contributed by atoms with Gasteiger partial charge in [0.1, 0.15) is 10.8 Å². The van der Waals surface area contributed by atoms with E-state index in [4.69, 9.17) is 23.2 Å². The number of pyridine rings is 1. The summed E-state index contributed by atoms with van der Waals surface area (Å²) >= 11 is 14.2. The highest BCUT2D eigenvalue weighted by atomic mass is 79.9. The third-order valence-corrected chi connectivity index (χ3v) is 2.68. The number of rotatable bonds is 2. The number of alkyl halides is 3. The van der Waals surface area contributed by atoms with E-state index in [1.54, 1.807) is 0 Å². The van der Waals surface area contributed by atoms with E-state index in [1.807, 2.05) is 0 Å². The molecule has 1 aromatic heterocycles. The first-order valence-corrected chi connectivity index (χ1v) is 4.95. The highest BCUT2D eigenvalue weighted by Crippen LogP contribution is 2.29. The van der Waals surface area contributed by atoms with E-state index in [9.17, 15) is 8.78 Å². The maximum Gasteiger partial charge on any atom is 0.280 e. The Hall–Kier alpha value is 0.0700. The summed E-state index contributed by atoms with van der Waals surface area (Å²) in [5.41, 5.74) is 0.165. The predicted octanol–water partition coefficient (Wildman–Crippen LogP) is 4.17. The van der Waals surface area contributed by atoms with E-state index in [1.165, 1.54) is 6.07 Å². The average molecular weight is 291 g/mol. The van der Waals surface area contributed by atoms with Gasteiger partial charge in [0.2, 0.25) is 0 Å². The van der Waals surface area contributed by atoms with Crippen molar-refractivity contribution in [3.05, 3.63) is 26.9 Å². The van der Waals surface area contributed by atoms with Crippen molar-refractivity contribution in [2.45, 2.75) is 12.3 Å². The summed E-state index contributed by atoms with van der Waals surface area (Å²) < 4.78 is 24.8. The zero-order chi connectivity index (χ0) is 10.0. The molecule has 1 rings (SSSR count).